The van der Waals surface area contributed by atoms with E-state index in [1.165, 1.54) is 13.8 Å². The summed E-state index contributed by atoms with van der Waals surface area (Å²) >= 11 is 0. The van der Waals surface area contributed by atoms with E-state index in [0.717, 1.165) is 5.56 Å². The van der Waals surface area contributed by atoms with E-state index in [9.17, 15) is 14.4 Å². The van der Waals surface area contributed by atoms with E-state index < -0.39 is 0 Å². The Morgan fingerprint density at radius 3 is 2.27 bits per heavy atom. The van der Waals surface area contributed by atoms with Gasteiger partial charge in [0.05, 0.1) is 12.0 Å². The topological polar surface area (TPSA) is 81.7 Å². The van der Waals surface area contributed by atoms with E-state index in [-0.39, 0.29) is 37.3 Å². The molecule has 1 N–H and O–H groups in total. The molecule has 0 bridgehead atoms. The number of carbonyl (C=O) groups is 3. The summed E-state index contributed by atoms with van der Waals surface area (Å²) in [4.78, 5) is 34.3. The van der Waals surface area contributed by atoms with Gasteiger partial charge in [0.15, 0.2) is 5.78 Å². The number of ketones is 1. The van der Waals surface area contributed by atoms with Crippen molar-refractivity contribution in [2.45, 2.75) is 20.3 Å². The highest BCUT2D eigenvalue weighted by Crippen LogP contribution is 2.18. The van der Waals surface area contributed by atoms with E-state index >= 15 is 0 Å². The van der Waals surface area contributed by atoms with Gasteiger partial charge in [-0.15, -0.1) is 0 Å². The Kier molecular flexibility index (Phi) is 6.91. The predicted molar refractivity (Wildman–Crippen MR) is 97.4 cm³/mol. The first-order chi connectivity index (χ1) is 12.5. The minimum absolute atomic E-state index is 0.0831. The molecule has 0 aliphatic heterocycles. The molecule has 0 aromatic heterocycles. The van der Waals surface area contributed by atoms with Gasteiger partial charge in [-0.3, -0.25) is 14.4 Å². The molecule has 0 radical (unpaired) electrons. The smallest absolute Gasteiger partial charge is 0.310 e. The zero-order chi connectivity index (χ0) is 18.9. The fourth-order valence-electron chi connectivity index (χ4n) is 2.32. The van der Waals surface area contributed by atoms with Crippen molar-refractivity contribution in [3.05, 3.63) is 59.7 Å². The van der Waals surface area contributed by atoms with Crippen LogP contribution in [0.25, 0.3) is 0 Å². The molecule has 0 unspecified atom stereocenters. The van der Waals surface area contributed by atoms with Crippen molar-refractivity contribution in [1.29, 1.82) is 0 Å². The third-order valence-electron chi connectivity index (χ3n) is 3.49. The summed E-state index contributed by atoms with van der Waals surface area (Å²) in [5.74, 6) is -0.130. The van der Waals surface area contributed by atoms with Gasteiger partial charge in [0, 0.05) is 12.6 Å². The van der Waals surface area contributed by atoms with E-state index in [1.54, 1.807) is 48.5 Å². The molecular formula is C20H21NO5. The summed E-state index contributed by atoms with van der Waals surface area (Å²) in [6, 6.07) is 13.9. The molecule has 0 spiro atoms. The average molecular weight is 355 g/mol. The zero-order valence-corrected chi connectivity index (χ0v) is 14.8. The molecule has 6 nitrogen and oxygen atoms in total. The quantitative estimate of drug-likeness (QED) is 0.447. The summed E-state index contributed by atoms with van der Waals surface area (Å²) in [5, 5.41) is 2.66. The number of para-hydroxylation sites is 1. The van der Waals surface area contributed by atoms with Gasteiger partial charge < -0.3 is 14.8 Å². The van der Waals surface area contributed by atoms with Crippen LogP contribution in [0.5, 0.6) is 5.75 Å². The molecule has 0 aliphatic carbocycles. The van der Waals surface area contributed by atoms with Crippen LogP contribution in [0.1, 0.15) is 29.8 Å². The standard InChI is InChI=1S/C20H21NO5/c1-14(22)18-5-3-4-6-19(18)25-11-12-26-20(24)13-16-7-9-17(10-8-16)21-15(2)23/h3-10H,11-13H2,1-2H3,(H,21,23). The predicted octanol–water partition coefficient (Wildman–Crippen LogP) is 3.01. The molecule has 2 aromatic rings. The molecule has 6 heteroatoms. The van der Waals surface area contributed by atoms with Crippen LogP contribution in [-0.4, -0.2) is 30.9 Å². The molecule has 0 fully saturated rings. The van der Waals surface area contributed by atoms with Crippen molar-refractivity contribution >= 4 is 23.3 Å². The van der Waals surface area contributed by atoms with Crippen LogP contribution in [-0.2, 0) is 20.7 Å². The molecule has 0 saturated carbocycles. The van der Waals surface area contributed by atoms with Crippen LogP contribution in [0, 0.1) is 0 Å². The number of esters is 1. The van der Waals surface area contributed by atoms with E-state index in [4.69, 9.17) is 9.47 Å². The Bertz CT molecular complexity index is 783. The molecule has 136 valence electrons. The van der Waals surface area contributed by atoms with Gasteiger partial charge >= 0.3 is 5.97 Å². The zero-order valence-electron chi connectivity index (χ0n) is 14.8. The molecule has 0 atom stereocenters. The summed E-state index contributed by atoms with van der Waals surface area (Å²) in [6.45, 7) is 3.16. The third kappa shape index (κ3) is 6.05. The second-order valence-electron chi connectivity index (χ2n) is 5.68. The lowest BCUT2D eigenvalue weighted by Crippen LogP contribution is -2.14. The van der Waals surface area contributed by atoms with Crippen molar-refractivity contribution in [3.63, 3.8) is 0 Å². The number of carbonyl (C=O) groups excluding carboxylic acids is 3. The van der Waals surface area contributed by atoms with Crippen LogP contribution >= 0.6 is 0 Å². The highest BCUT2D eigenvalue weighted by molar-refractivity contribution is 5.96. The lowest BCUT2D eigenvalue weighted by Gasteiger charge is -2.10. The van der Waals surface area contributed by atoms with Gasteiger partial charge in [-0.2, -0.15) is 0 Å². The maximum absolute atomic E-state index is 11.9. The third-order valence-corrected chi connectivity index (χ3v) is 3.49. The summed E-state index contributed by atoms with van der Waals surface area (Å²) < 4.78 is 10.7. The van der Waals surface area contributed by atoms with Crippen LogP contribution in [0.3, 0.4) is 0 Å². The van der Waals surface area contributed by atoms with Crippen molar-refractivity contribution in [1.82, 2.24) is 0 Å². The minimum atomic E-state index is -0.374. The normalized spacial score (nSPS) is 10.1. The number of benzene rings is 2. The first-order valence-electron chi connectivity index (χ1n) is 8.20. The largest absolute Gasteiger partial charge is 0.489 e. The fraction of sp³-hybridized carbons (Fsp3) is 0.250. The highest BCUT2D eigenvalue weighted by atomic mass is 16.6. The van der Waals surface area contributed by atoms with Gasteiger partial charge in [0.25, 0.3) is 0 Å². The Morgan fingerprint density at radius 1 is 0.923 bits per heavy atom. The molecular weight excluding hydrogens is 334 g/mol. The lowest BCUT2D eigenvalue weighted by atomic mass is 10.1. The van der Waals surface area contributed by atoms with Gasteiger partial charge in [0.1, 0.15) is 19.0 Å². The number of anilines is 1. The first kappa shape index (κ1) is 19.2. The Balaban J connectivity index is 1.75. The first-order valence-corrected chi connectivity index (χ1v) is 8.20. The average Bonchev–Trinajstić information content (AvgIpc) is 2.60. The number of ether oxygens (including phenoxy) is 2. The second-order valence-corrected chi connectivity index (χ2v) is 5.68. The summed E-state index contributed by atoms with van der Waals surface area (Å²) in [7, 11) is 0. The Labute approximate surface area is 152 Å². The fourth-order valence-corrected chi connectivity index (χ4v) is 2.32. The number of rotatable bonds is 8. The highest BCUT2D eigenvalue weighted by Gasteiger charge is 2.08. The van der Waals surface area contributed by atoms with E-state index in [0.29, 0.717) is 17.0 Å². The number of hydrogen-bond acceptors (Lipinski definition) is 5. The maximum Gasteiger partial charge on any atom is 0.310 e. The van der Waals surface area contributed by atoms with Crippen molar-refractivity contribution in [3.8, 4) is 5.75 Å². The summed E-state index contributed by atoms with van der Waals surface area (Å²) in [5.41, 5.74) is 1.96. The molecule has 0 saturated heterocycles. The maximum atomic E-state index is 11.9. The Morgan fingerprint density at radius 2 is 1.62 bits per heavy atom. The van der Waals surface area contributed by atoms with Crippen LogP contribution in [0.2, 0.25) is 0 Å². The van der Waals surface area contributed by atoms with Crippen molar-refractivity contribution < 1.29 is 23.9 Å². The van der Waals surface area contributed by atoms with E-state index in [1.807, 2.05) is 0 Å². The second kappa shape index (κ2) is 9.36. The summed E-state index contributed by atoms with van der Waals surface area (Å²) in [6.07, 6.45) is 0.129. The van der Waals surface area contributed by atoms with Crippen molar-refractivity contribution in [2.75, 3.05) is 18.5 Å². The lowest BCUT2D eigenvalue weighted by molar-refractivity contribution is -0.143. The monoisotopic (exact) mass is 355 g/mol. The van der Waals surface area contributed by atoms with Crippen LogP contribution in [0.15, 0.2) is 48.5 Å². The molecule has 26 heavy (non-hydrogen) atoms. The number of Topliss-reactive ketones (excluding diaryl/α,β-unsaturated/α-hetero) is 1. The van der Waals surface area contributed by atoms with Gasteiger partial charge in [-0.25, -0.2) is 0 Å². The van der Waals surface area contributed by atoms with Crippen LogP contribution < -0.4 is 10.1 Å². The number of nitrogens with one attached hydrogen (secondary N) is 1. The molecule has 2 aromatic carbocycles. The van der Waals surface area contributed by atoms with Crippen molar-refractivity contribution in [2.24, 2.45) is 0 Å². The van der Waals surface area contributed by atoms with Crippen LogP contribution in [0.4, 0.5) is 5.69 Å². The SMILES string of the molecule is CC(=O)Nc1ccc(CC(=O)OCCOc2ccccc2C(C)=O)cc1. The van der Waals surface area contributed by atoms with Gasteiger partial charge in [0.2, 0.25) is 5.91 Å². The minimum Gasteiger partial charge on any atom is -0.489 e. The molecule has 0 aliphatic rings. The molecule has 1 amide bonds. The Hall–Kier alpha value is -3.15. The molecule has 2 rings (SSSR count). The van der Waals surface area contributed by atoms with Gasteiger partial charge in [-0.05, 0) is 36.8 Å². The van der Waals surface area contributed by atoms with Gasteiger partial charge in [-0.1, -0.05) is 24.3 Å². The van der Waals surface area contributed by atoms with E-state index in [2.05, 4.69) is 5.32 Å². The molecule has 0 heterocycles. The number of amides is 1. The number of hydrogen-bond donors (Lipinski definition) is 1.